The van der Waals surface area contributed by atoms with Gasteiger partial charge in [0, 0.05) is 18.3 Å². The first kappa shape index (κ1) is 11.4. The Morgan fingerprint density at radius 2 is 2.00 bits per heavy atom. The molecule has 0 amide bonds. The summed E-state index contributed by atoms with van der Waals surface area (Å²) in [5.74, 6) is 0. The molecule has 2 rings (SSSR count). The van der Waals surface area contributed by atoms with E-state index in [4.69, 9.17) is 4.74 Å². The molecule has 1 unspecified atom stereocenters. The summed E-state index contributed by atoms with van der Waals surface area (Å²) in [6.07, 6.45) is 9.61. The fraction of sp³-hybridized carbons (Fsp3) is 0.692. The summed E-state index contributed by atoms with van der Waals surface area (Å²) in [6, 6.07) is 0.541. The van der Waals surface area contributed by atoms with Gasteiger partial charge in [-0.15, -0.1) is 0 Å². The monoisotopic (exact) mass is 222 g/mol. The zero-order chi connectivity index (χ0) is 11.6. The predicted octanol–water partition coefficient (Wildman–Crippen LogP) is 2.18. The van der Waals surface area contributed by atoms with Crippen LogP contribution in [0.4, 0.5) is 0 Å². The Kier molecular flexibility index (Phi) is 3.13. The second-order valence-electron chi connectivity index (χ2n) is 5.46. The minimum Gasteiger partial charge on any atom is -0.498 e. The molecule has 0 aliphatic carbocycles. The Balaban J connectivity index is 1.97. The Hall–Kier alpha value is -1.12. The highest BCUT2D eigenvalue weighted by atomic mass is 16.5. The molecule has 2 heterocycles. The smallest absolute Gasteiger partial charge is 0.105 e. The molecular weight excluding hydrogens is 200 g/mol. The van der Waals surface area contributed by atoms with Crippen LogP contribution in [0.25, 0.3) is 0 Å². The van der Waals surface area contributed by atoms with E-state index < -0.39 is 0 Å². The van der Waals surface area contributed by atoms with Crippen molar-refractivity contribution < 1.29 is 4.74 Å². The topological polar surface area (TPSA) is 15.7 Å². The van der Waals surface area contributed by atoms with Crippen molar-refractivity contribution in [2.75, 3.05) is 19.7 Å². The van der Waals surface area contributed by atoms with Crippen LogP contribution in [0.2, 0.25) is 0 Å². The molecule has 0 fully saturated rings. The third-order valence-corrected chi connectivity index (χ3v) is 3.26. The zero-order valence-electron chi connectivity index (χ0n) is 10.5. The Labute approximate surface area is 98.4 Å². The van der Waals surface area contributed by atoms with Gasteiger partial charge in [0.1, 0.15) is 6.61 Å². The van der Waals surface area contributed by atoms with Crippen LogP contribution in [0.5, 0.6) is 0 Å². The van der Waals surface area contributed by atoms with Gasteiger partial charge in [-0.3, -0.25) is 0 Å². The molecule has 90 valence electrons. The molecule has 0 aromatic heterocycles. The van der Waals surface area contributed by atoms with Crippen molar-refractivity contribution in [3.05, 3.63) is 24.7 Å². The lowest BCUT2D eigenvalue weighted by atomic mass is 10.0. The minimum atomic E-state index is 0.238. The molecule has 0 aromatic carbocycles. The molecule has 0 N–H and O–H groups in total. The number of hydrogen-bond acceptors (Lipinski definition) is 3. The van der Waals surface area contributed by atoms with Crippen molar-refractivity contribution in [1.29, 1.82) is 0 Å². The average molecular weight is 222 g/mol. The van der Waals surface area contributed by atoms with Gasteiger partial charge in [0.05, 0.1) is 18.8 Å². The fourth-order valence-corrected chi connectivity index (χ4v) is 2.18. The van der Waals surface area contributed by atoms with Crippen LogP contribution in [0.3, 0.4) is 0 Å². The van der Waals surface area contributed by atoms with Crippen LogP contribution in [0, 0.1) is 0 Å². The lowest BCUT2D eigenvalue weighted by Gasteiger charge is -2.41. The third kappa shape index (κ3) is 2.52. The molecular formula is C13H22N2O. The van der Waals surface area contributed by atoms with Crippen LogP contribution < -0.4 is 0 Å². The van der Waals surface area contributed by atoms with Crippen LogP contribution >= 0.6 is 0 Å². The summed E-state index contributed by atoms with van der Waals surface area (Å²) in [6.45, 7) is 9.71. The van der Waals surface area contributed by atoms with Crippen LogP contribution in [0.15, 0.2) is 24.7 Å². The van der Waals surface area contributed by atoms with Crippen LogP contribution in [-0.2, 0) is 4.74 Å². The first-order valence-corrected chi connectivity index (χ1v) is 6.06. The van der Waals surface area contributed by atoms with Gasteiger partial charge in [-0.25, -0.2) is 0 Å². The van der Waals surface area contributed by atoms with E-state index in [1.165, 1.54) is 6.42 Å². The Bertz CT molecular complexity index is 291. The largest absolute Gasteiger partial charge is 0.498 e. The van der Waals surface area contributed by atoms with Crippen molar-refractivity contribution in [3.8, 4) is 0 Å². The number of hydrogen-bond donors (Lipinski definition) is 0. The van der Waals surface area contributed by atoms with E-state index in [1.54, 1.807) is 6.26 Å². The van der Waals surface area contributed by atoms with Crippen LogP contribution in [0.1, 0.15) is 27.2 Å². The van der Waals surface area contributed by atoms with E-state index in [2.05, 4.69) is 49.0 Å². The van der Waals surface area contributed by atoms with E-state index in [0.717, 1.165) is 19.7 Å². The quantitative estimate of drug-likeness (QED) is 0.676. The molecule has 3 nitrogen and oxygen atoms in total. The Morgan fingerprint density at radius 3 is 2.50 bits per heavy atom. The second-order valence-corrected chi connectivity index (χ2v) is 5.46. The van der Waals surface area contributed by atoms with Crippen molar-refractivity contribution in [2.24, 2.45) is 0 Å². The van der Waals surface area contributed by atoms with Crippen molar-refractivity contribution in [1.82, 2.24) is 9.80 Å². The summed E-state index contributed by atoms with van der Waals surface area (Å²) in [7, 11) is 0. The van der Waals surface area contributed by atoms with Gasteiger partial charge in [0.2, 0.25) is 0 Å². The summed E-state index contributed by atoms with van der Waals surface area (Å²) >= 11 is 0. The maximum Gasteiger partial charge on any atom is 0.105 e. The number of nitrogens with zero attached hydrogens (tertiary/aromatic N) is 2. The molecule has 0 radical (unpaired) electrons. The third-order valence-electron chi connectivity index (χ3n) is 3.26. The first-order valence-electron chi connectivity index (χ1n) is 6.06. The molecule has 16 heavy (non-hydrogen) atoms. The highest BCUT2D eigenvalue weighted by Gasteiger charge is 2.24. The van der Waals surface area contributed by atoms with Crippen molar-refractivity contribution >= 4 is 0 Å². The molecule has 2 aliphatic heterocycles. The molecule has 0 saturated heterocycles. The normalized spacial score (nSPS) is 25.8. The molecule has 0 saturated carbocycles. The predicted molar refractivity (Wildman–Crippen MR) is 65.8 cm³/mol. The lowest BCUT2D eigenvalue weighted by Crippen LogP contribution is -2.44. The van der Waals surface area contributed by atoms with Gasteiger partial charge in [0.25, 0.3) is 0 Å². The van der Waals surface area contributed by atoms with Gasteiger partial charge in [-0.2, -0.15) is 0 Å². The van der Waals surface area contributed by atoms with Crippen molar-refractivity contribution in [2.45, 2.75) is 38.8 Å². The van der Waals surface area contributed by atoms with Gasteiger partial charge in [0.15, 0.2) is 0 Å². The summed E-state index contributed by atoms with van der Waals surface area (Å²) < 4.78 is 5.21. The zero-order valence-corrected chi connectivity index (χ0v) is 10.5. The Morgan fingerprint density at radius 1 is 1.19 bits per heavy atom. The van der Waals surface area contributed by atoms with Gasteiger partial charge in [-0.1, -0.05) is 0 Å². The number of ether oxygens (including phenoxy) is 1. The molecule has 0 bridgehead atoms. The van der Waals surface area contributed by atoms with E-state index in [1.807, 2.05) is 0 Å². The van der Waals surface area contributed by atoms with E-state index >= 15 is 0 Å². The minimum absolute atomic E-state index is 0.238. The van der Waals surface area contributed by atoms with Gasteiger partial charge >= 0.3 is 0 Å². The highest BCUT2D eigenvalue weighted by molar-refractivity contribution is 5.04. The lowest BCUT2D eigenvalue weighted by molar-refractivity contribution is 0.130. The summed E-state index contributed by atoms with van der Waals surface area (Å²) in [5, 5.41) is 0. The van der Waals surface area contributed by atoms with Gasteiger partial charge < -0.3 is 14.5 Å². The molecule has 2 aliphatic rings. The first-order chi connectivity index (χ1) is 7.57. The summed E-state index contributed by atoms with van der Waals surface area (Å²) in [4.78, 5) is 4.77. The summed E-state index contributed by atoms with van der Waals surface area (Å²) in [5.41, 5.74) is 0.238. The highest BCUT2D eigenvalue weighted by Crippen LogP contribution is 2.21. The van der Waals surface area contributed by atoms with Crippen LogP contribution in [-0.4, -0.2) is 41.1 Å². The standard InChI is InChI=1S/C13H22N2O/c1-13(2,3)15-6-4-12(5-7-15)14-8-10-16-11-9-14/h4,6,8,10,12H,5,7,9,11H2,1-3H3. The second kappa shape index (κ2) is 4.40. The molecule has 0 aromatic rings. The maximum atomic E-state index is 5.21. The fourth-order valence-electron chi connectivity index (χ4n) is 2.18. The van der Waals surface area contributed by atoms with E-state index in [-0.39, 0.29) is 5.54 Å². The molecule has 1 atom stereocenters. The van der Waals surface area contributed by atoms with Crippen molar-refractivity contribution in [3.63, 3.8) is 0 Å². The SMILES string of the molecule is CC(C)(C)N1C=CC(N2C=COCC2)CC1. The molecule has 3 heteroatoms. The maximum absolute atomic E-state index is 5.21. The molecule has 0 spiro atoms. The van der Waals surface area contributed by atoms with Gasteiger partial charge in [-0.05, 0) is 39.5 Å². The number of rotatable bonds is 1. The van der Waals surface area contributed by atoms with E-state index in [0.29, 0.717) is 6.04 Å². The van der Waals surface area contributed by atoms with E-state index in [9.17, 15) is 0 Å². The average Bonchev–Trinajstić information content (AvgIpc) is 2.29.